The molecule has 31 heavy (non-hydrogen) atoms. The number of aliphatic carboxylic acids is 1. The highest BCUT2D eigenvalue weighted by atomic mass is 16.6. The average molecular weight is 445 g/mol. The summed E-state index contributed by atoms with van der Waals surface area (Å²) in [5.41, 5.74) is 7.49. The summed E-state index contributed by atoms with van der Waals surface area (Å²) in [5, 5.41) is 11.0. The van der Waals surface area contributed by atoms with Crippen molar-refractivity contribution in [3.63, 3.8) is 0 Å². The maximum absolute atomic E-state index is 11.5. The summed E-state index contributed by atoms with van der Waals surface area (Å²) in [5.74, 6) is -2.40. The van der Waals surface area contributed by atoms with E-state index >= 15 is 0 Å². The Labute approximate surface area is 183 Å². The Hall–Kier alpha value is -2.78. The predicted octanol–water partition coefficient (Wildman–Crippen LogP) is 1.75. The number of alkyl carbamates (subject to hydrolysis) is 1. The highest BCUT2D eigenvalue weighted by molar-refractivity contribution is 6.25. The number of carboxylic acids is 1. The first kappa shape index (κ1) is 30.4. The van der Waals surface area contributed by atoms with Crippen molar-refractivity contribution in [2.24, 2.45) is 5.41 Å². The van der Waals surface area contributed by atoms with Gasteiger partial charge in [0.2, 0.25) is 5.78 Å². The van der Waals surface area contributed by atoms with Crippen LogP contribution in [0.2, 0.25) is 0 Å². The largest absolute Gasteiger partial charge is 0.480 e. The molecular weight excluding hydrogens is 408 g/mol. The third kappa shape index (κ3) is 16.7. The van der Waals surface area contributed by atoms with E-state index in [1.807, 2.05) is 0 Å². The van der Waals surface area contributed by atoms with Crippen LogP contribution in [0.3, 0.4) is 0 Å². The van der Waals surface area contributed by atoms with Crippen LogP contribution in [-0.2, 0) is 23.9 Å². The number of hydrogen-bond acceptors (Lipinski definition) is 7. The van der Waals surface area contributed by atoms with Crippen LogP contribution in [-0.4, -0.2) is 83.7 Å². The van der Waals surface area contributed by atoms with Crippen molar-refractivity contribution in [3.05, 3.63) is 5.53 Å². The standard InChI is InChI=1S/C14H21N3O7.C6H15N/c1-14(2,3)12(21)23-6-7-24-13(22)17-10(11(19)20)5-4-9(18)8-16-15;1-4-7(5-2)6-3/h8,10H,4-7H2,1-3H3,(H,17,22)(H,19,20);4-6H2,1-3H3. The summed E-state index contributed by atoms with van der Waals surface area (Å²) >= 11 is 0. The second-order valence-corrected chi connectivity index (χ2v) is 7.43. The van der Waals surface area contributed by atoms with E-state index < -0.39 is 35.3 Å². The topological polar surface area (TPSA) is 159 Å². The van der Waals surface area contributed by atoms with Gasteiger partial charge in [0.25, 0.3) is 0 Å². The Bertz CT molecular complexity index is 616. The minimum absolute atomic E-state index is 0.160. The normalized spacial score (nSPS) is 11.3. The number of amides is 1. The van der Waals surface area contributed by atoms with Gasteiger partial charge in [-0.1, -0.05) is 20.8 Å². The SMILES string of the molecule is CC(C)(C)C(=O)OCCOC(=O)NC(CCC(=O)C=[N+]=[N-])C(=O)O.CCN(CC)CC. The Morgan fingerprint density at radius 3 is 1.97 bits per heavy atom. The van der Waals surface area contributed by atoms with E-state index in [2.05, 4.69) is 35.8 Å². The molecule has 0 spiro atoms. The van der Waals surface area contributed by atoms with Gasteiger partial charge in [0.05, 0.1) is 5.41 Å². The van der Waals surface area contributed by atoms with Gasteiger partial charge < -0.3 is 30.3 Å². The third-order valence-electron chi connectivity index (χ3n) is 3.97. The van der Waals surface area contributed by atoms with Crippen molar-refractivity contribution < 1.29 is 38.5 Å². The van der Waals surface area contributed by atoms with E-state index in [1.165, 1.54) is 19.6 Å². The Balaban J connectivity index is 0. The summed E-state index contributed by atoms with van der Waals surface area (Å²) in [6.07, 6.45) is -0.808. The van der Waals surface area contributed by atoms with Crippen LogP contribution in [0, 0.1) is 5.41 Å². The van der Waals surface area contributed by atoms with Crippen LogP contribution in [0.15, 0.2) is 0 Å². The molecule has 0 aromatic carbocycles. The molecule has 0 aromatic rings. The molecule has 0 aliphatic carbocycles. The Morgan fingerprint density at radius 2 is 1.58 bits per heavy atom. The fraction of sp³-hybridized carbons (Fsp3) is 0.750. The van der Waals surface area contributed by atoms with Crippen LogP contribution in [0.5, 0.6) is 0 Å². The molecule has 0 saturated carbocycles. The second kappa shape index (κ2) is 17.0. The van der Waals surface area contributed by atoms with Gasteiger partial charge in [-0.25, -0.2) is 9.59 Å². The molecule has 178 valence electrons. The first-order valence-corrected chi connectivity index (χ1v) is 10.2. The Kier molecular flexibility index (Phi) is 16.6. The van der Waals surface area contributed by atoms with E-state index in [9.17, 15) is 19.2 Å². The predicted molar refractivity (Wildman–Crippen MR) is 114 cm³/mol. The zero-order chi connectivity index (χ0) is 24.4. The van der Waals surface area contributed by atoms with Crippen molar-refractivity contribution in [3.8, 4) is 0 Å². The first-order valence-electron chi connectivity index (χ1n) is 10.2. The van der Waals surface area contributed by atoms with Gasteiger partial charge in [-0.05, 0) is 46.8 Å². The number of ketones is 1. The number of carbonyl (C=O) groups is 4. The number of esters is 1. The molecule has 0 aliphatic heterocycles. The second-order valence-electron chi connectivity index (χ2n) is 7.43. The highest BCUT2D eigenvalue weighted by Crippen LogP contribution is 2.14. The van der Waals surface area contributed by atoms with Crippen molar-refractivity contribution in [1.82, 2.24) is 10.2 Å². The molecule has 0 saturated heterocycles. The fourth-order valence-electron chi connectivity index (χ4n) is 2.01. The molecule has 1 atom stereocenters. The number of nitrogens with zero attached hydrogens (tertiary/aromatic N) is 3. The average Bonchev–Trinajstić information content (AvgIpc) is 2.69. The molecule has 0 fully saturated rings. The summed E-state index contributed by atoms with van der Waals surface area (Å²) in [7, 11) is 0. The lowest BCUT2D eigenvalue weighted by molar-refractivity contribution is -0.153. The number of hydrogen-bond donors (Lipinski definition) is 2. The maximum Gasteiger partial charge on any atom is 0.407 e. The molecule has 11 heteroatoms. The van der Waals surface area contributed by atoms with E-state index in [-0.39, 0.29) is 26.1 Å². The van der Waals surface area contributed by atoms with Gasteiger partial charge in [-0.3, -0.25) is 9.59 Å². The van der Waals surface area contributed by atoms with Gasteiger partial charge >= 0.3 is 24.2 Å². The van der Waals surface area contributed by atoms with Crippen LogP contribution >= 0.6 is 0 Å². The summed E-state index contributed by atoms with van der Waals surface area (Å²) in [4.78, 5) is 50.0. The smallest absolute Gasteiger partial charge is 0.407 e. The molecule has 0 aliphatic rings. The van der Waals surface area contributed by atoms with Gasteiger partial charge in [-0.15, -0.1) is 0 Å². The zero-order valence-electron chi connectivity index (χ0n) is 19.3. The molecule has 1 amide bonds. The third-order valence-corrected chi connectivity index (χ3v) is 3.97. The monoisotopic (exact) mass is 444 g/mol. The molecule has 0 heterocycles. The van der Waals surface area contributed by atoms with E-state index in [4.69, 9.17) is 20.1 Å². The van der Waals surface area contributed by atoms with Crippen molar-refractivity contribution >= 4 is 30.0 Å². The minimum atomic E-state index is -1.35. The van der Waals surface area contributed by atoms with Crippen molar-refractivity contribution in [1.29, 1.82) is 0 Å². The van der Waals surface area contributed by atoms with E-state index in [0.29, 0.717) is 6.21 Å². The van der Waals surface area contributed by atoms with Gasteiger partial charge in [0.15, 0.2) is 0 Å². The molecule has 0 aromatic heterocycles. The lowest BCUT2D eigenvalue weighted by Gasteiger charge is -2.17. The number of rotatable bonds is 12. The lowest BCUT2D eigenvalue weighted by Crippen LogP contribution is -2.41. The van der Waals surface area contributed by atoms with Crippen LogP contribution in [0.4, 0.5) is 4.79 Å². The van der Waals surface area contributed by atoms with E-state index in [0.717, 1.165) is 0 Å². The fourth-order valence-corrected chi connectivity index (χ4v) is 2.01. The molecule has 0 radical (unpaired) electrons. The number of ether oxygens (including phenoxy) is 2. The van der Waals surface area contributed by atoms with Crippen LogP contribution in [0.25, 0.3) is 5.53 Å². The first-order chi connectivity index (χ1) is 14.4. The highest BCUT2D eigenvalue weighted by Gasteiger charge is 2.24. The quantitative estimate of drug-likeness (QED) is 0.151. The van der Waals surface area contributed by atoms with Crippen molar-refractivity contribution in [2.75, 3.05) is 32.8 Å². The van der Waals surface area contributed by atoms with Gasteiger partial charge in [0.1, 0.15) is 19.3 Å². The number of carbonyl (C=O) groups excluding carboxylic acids is 3. The summed E-state index contributed by atoms with van der Waals surface area (Å²) in [6.45, 7) is 14.7. The molecule has 0 rings (SSSR count). The molecule has 0 bridgehead atoms. The number of carboxylic acid groups (broad SMARTS) is 1. The zero-order valence-corrected chi connectivity index (χ0v) is 19.3. The van der Waals surface area contributed by atoms with Crippen LogP contribution in [0.1, 0.15) is 54.4 Å². The summed E-state index contributed by atoms with van der Waals surface area (Å²) < 4.78 is 9.57. The number of nitrogens with one attached hydrogen (secondary N) is 1. The maximum atomic E-state index is 11.5. The minimum Gasteiger partial charge on any atom is -0.480 e. The van der Waals surface area contributed by atoms with Gasteiger partial charge in [0, 0.05) is 6.42 Å². The van der Waals surface area contributed by atoms with Crippen molar-refractivity contribution in [2.45, 2.75) is 60.4 Å². The Morgan fingerprint density at radius 1 is 1.06 bits per heavy atom. The molecule has 2 N–H and O–H groups in total. The lowest BCUT2D eigenvalue weighted by atomic mass is 9.97. The van der Waals surface area contributed by atoms with Crippen LogP contribution < -0.4 is 5.32 Å². The molecular formula is C20H36N4O7. The van der Waals surface area contributed by atoms with E-state index in [1.54, 1.807) is 20.8 Å². The van der Waals surface area contributed by atoms with Gasteiger partial charge in [-0.2, -0.15) is 4.79 Å². The summed E-state index contributed by atoms with van der Waals surface area (Å²) in [6, 6.07) is -1.34. The molecule has 11 nitrogen and oxygen atoms in total. The number of Topliss-reactive ketones (excluding diaryl/α,β-unsaturated/α-hetero) is 1. The molecule has 1 unspecified atom stereocenters.